The molecule has 25 heavy (non-hydrogen) atoms. The number of hydrogen-bond acceptors (Lipinski definition) is 4. The minimum atomic E-state index is -0.229. The van der Waals surface area contributed by atoms with Crippen LogP contribution in [0, 0.1) is 5.41 Å². The molecule has 0 aliphatic heterocycles. The molecule has 0 aliphatic rings. The van der Waals surface area contributed by atoms with E-state index >= 15 is 0 Å². The molecular weight excluding hydrogens is 314 g/mol. The first-order valence-corrected chi connectivity index (χ1v) is 7.86. The number of aromatic amines is 1. The fourth-order valence-electron chi connectivity index (χ4n) is 2.60. The van der Waals surface area contributed by atoms with Crippen LogP contribution >= 0.6 is 0 Å². The van der Waals surface area contributed by atoms with Crippen molar-refractivity contribution in [2.45, 2.75) is 6.92 Å². The topological polar surface area (TPSA) is 108 Å². The van der Waals surface area contributed by atoms with E-state index in [9.17, 15) is 4.79 Å². The van der Waals surface area contributed by atoms with Gasteiger partial charge >= 0.3 is 0 Å². The van der Waals surface area contributed by atoms with Crippen LogP contribution in [0.1, 0.15) is 17.3 Å². The lowest BCUT2D eigenvalue weighted by Gasteiger charge is -2.07. The van der Waals surface area contributed by atoms with Crippen molar-refractivity contribution in [3.63, 3.8) is 0 Å². The molecule has 0 saturated carbocycles. The quantitative estimate of drug-likeness (QED) is 0.539. The molecule has 3 aromatic rings. The maximum atomic E-state index is 12.2. The van der Waals surface area contributed by atoms with Crippen molar-refractivity contribution in [2.24, 2.45) is 5.73 Å². The predicted molar refractivity (Wildman–Crippen MR) is 99.5 cm³/mol. The summed E-state index contributed by atoms with van der Waals surface area (Å²) in [6.07, 6.45) is 5.16. The highest BCUT2D eigenvalue weighted by Crippen LogP contribution is 2.25. The summed E-state index contributed by atoms with van der Waals surface area (Å²) in [7, 11) is 0. The molecule has 1 aromatic carbocycles. The zero-order valence-corrected chi connectivity index (χ0v) is 13.8. The van der Waals surface area contributed by atoms with Crippen molar-refractivity contribution in [2.75, 3.05) is 6.54 Å². The normalized spacial score (nSPS) is 11.5. The molecule has 5 N–H and O–H groups in total. The SMILES string of the molecule is CC(N)=CC(=N)CNC(=O)c1ccc(-c2nccc3[nH]ccc23)cc1. The van der Waals surface area contributed by atoms with Crippen molar-refractivity contribution in [1.29, 1.82) is 5.41 Å². The molecule has 0 bridgehead atoms. The van der Waals surface area contributed by atoms with Crippen LogP contribution < -0.4 is 11.1 Å². The smallest absolute Gasteiger partial charge is 0.251 e. The van der Waals surface area contributed by atoms with Gasteiger partial charge < -0.3 is 21.4 Å². The van der Waals surface area contributed by atoms with Crippen LogP contribution in [-0.4, -0.2) is 28.1 Å². The lowest BCUT2D eigenvalue weighted by atomic mass is 10.1. The van der Waals surface area contributed by atoms with Gasteiger partial charge in [-0.2, -0.15) is 0 Å². The van der Waals surface area contributed by atoms with E-state index in [0.717, 1.165) is 22.2 Å². The first kappa shape index (κ1) is 16.4. The van der Waals surface area contributed by atoms with Crippen molar-refractivity contribution in [3.05, 3.63) is 66.1 Å². The molecule has 0 unspecified atom stereocenters. The van der Waals surface area contributed by atoms with E-state index < -0.39 is 0 Å². The van der Waals surface area contributed by atoms with Gasteiger partial charge in [0.15, 0.2) is 0 Å². The second kappa shape index (κ2) is 7.00. The Kier molecular flexibility index (Phi) is 4.61. The summed E-state index contributed by atoms with van der Waals surface area (Å²) in [5.74, 6) is -0.229. The minimum absolute atomic E-state index is 0.138. The van der Waals surface area contributed by atoms with Crippen molar-refractivity contribution in [1.82, 2.24) is 15.3 Å². The van der Waals surface area contributed by atoms with E-state index in [1.165, 1.54) is 6.08 Å². The van der Waals surface area contributed by atoms with Crippen LogP contribution in [0.5, 0.6) is 0 Å². The molecule has 6 nitrogen and oxygen atoms in total. The standard InChI is InChI=1S/C19H19N5O/c1-12(20)10-15(21)11-24-19(25)14-4-2-13(3-5-14)18-16-6-8-22-17(16)7-9-23-18/h2-10,21-22H,11,20H2,1H3,(H,24,25). The molecular formula is C19H19N5O. The van der Waals surface area contributed by atoms with Gasteiger partial charge in [-0.25, -0.2) is 0 Å². The van der Waals surface area contributed by atoms with Crippen LogP contribution in [0.25, 0.3) is 22.2 Å². The molecule has 0 radical (unpaired) electrons. The van der Waals surface area contributed by atoms with Crippen LogP contribution in [0.3, 0.4) is 0 Å². The van der Waals surface area contributed by atoms with Crippen LogP contribution in [0.15, 0.2) is 60.6 Å². The summed E-state index contributed by atoms with van der Waals surface area (Å²) < 4.78 is 0. The number of pyridine rings is 1. The first-order valence-electron chi connectivity index (χ1n) is 7.86. The Bertz CT molecular complexity index is 949. The van der Waals surface area contributed by atoms with E-state index in [1.807, 2.05) is 30.5 Å². The molecule has 6 heteroatoms. The van der Waals surface area contributed by atoms with Gasteiger partial charge in [0.2, 0.25) is 0 Å². The Hall–Kier alpha value is -3.41. The molecule has 0 saturated heterocycles. The highest BCUT2D eigenvalue weighted by Gasteiger charge is 2.09. The highest BCUT2D eigenvalue weighted by molar-refractivity contribution is 6.01. The fourth-order valence-corrected chi connectivity index (χ4v) is 2.60. The number of benzene rings is 1. The fraction of sp³-hybridized carbons (Fsp3) is 0.105. The number of allylic oxidation sites excluding steroid dienone is 1. The summed E-state index contributed by atoms with van der Waals surface area (Å²) in [5, 5.41) is 11.4. The summed E-state index contributed by atoms with van der Waals surface area (Å²) in [5.41, 5.74) is 9.68. The average Bonchev–Trinajstić information content (AvgIpc) is 3.08. The van der Waals surface area contributed by atoms with Gasteiger partial charge in [-0.05, 0) is 37.3 Å². The number of amides is 1. The zero-order valence-electron chi connectivity index (χ0n) is 13.8. The molecule has 0 aliphatic carbocycles. The van der Waals surface area contributed by atoms with E-state index in [1.54, 1.807) is 25.3 Å². The number of aromatic nitrogens is 2. The van der Waals surface area contributed by atoms with Gasteiger partial charge in [0.05, 0.1) is 18.0 Å². The number of hydrogen-bond donors (Lipinski definition) is 4. The highest BCUT2D eigenvalue weighted by atomic mass is 16.1. The molecule has 2 aromatic heterocycles. The molecule has 3 rings (SSSR count). The lowest BCUT2D eigenvalue weighted by Crippen LogP contribution is -2.28. The number of rotatable bonds is 5. The second-order valence-electron chi connectivity index (χ2n) is 5.77. The van der Waals surface area contributed by atoms with Crippen molar-refractivity contribution >= 4 is 22.5 Å². The number of nitrogens with two attached hydrogens (primary N) is 1. The predicted octanol–water partition coefficient (Wildman–Crippen LogP) is 2.84. The van der Waals surface area contributed by atoms with Gasteiger partial charge in [-0.1, -0.05) is 12.1 Å². The Morgan fingerprint density at radius 1 is 1.28 bits per heavy atom. The number of carbonyl (C=O) groups is 1. The summed E-state index contributed by atoms with van der Waals surface area (Å²) in [6, 6.07) is 11.2. The summed E-state index contributed by atoms with van der Waals surface area (Å²) in [4.78, 5) is 19.8. The number of fused-ring (bicyclic) bond motifs is 1. The Morgan fingerprint density at radius 2 is 2.04 bits per heavy atom. The minimum Gasteiger partial charge on any atom is -0.402 e. The van der Waals surface area contributed by atoms with Gasteiger partial charge in [-0.3, -0.25) is 9.78 Å². The zero-order chi connectivity index (χ0) is 17.8. The average molecular weight is 333 g/mol. The van der Waals surface area contributed by atoms with Crippen LogP contribution in [-0.2, 0) is 0 Å². The maximum Gasteiger partial charge on any atom is 0.251 e. The number of nitrogens with one attached hydrogen (secondary N) is 3. The first-order chi connectivity index (χ1) is 12.0. The van der Waals surface area contributed by atoms with E-state index in [0.29, 0.717) is 11.3 Å². The Morgan fingerprint density at radius 3 is 2.76 bits per heavy atom. The van der Waals surface area contributed by atoms with Gasteiger partial charge in [0, 0.05) is 40.1 Å². The maximum absolute atomic E-state index is 12.2. The molecule has 0 atom stereocenters. The molecule has 1 amide bonds. The van der Waals surface area contributed by atoms with E-state index in [-0.39, 0.29) is 18.2 Å². The van der Waals surface area contributed by atoms with E-state index in [4.69, 9.17) is 11.1 Å². The van der Waals surface area contributed by atoms with Gasteiger partial charge in [0.25, 0.3) is 5.91 Å². The Balaban J connectivity index is 1.74. The van der Waals surface area contributed by atoms with Crippen LogP contribution in [0.2, 0.25) is 0 Å². The van der Waals surface area contributed by atoms with Crippen molar-refractivity contribution < 1.29 is 4.79 Å². The summed E-state index contributed by atoms with van der Waals surface area (Å²) >= 11 is 0. The van der Waals surface area contributed by atoms with Crippen molar-refractivity contribution in [3.8, 4) is 11.3 Å². The largest absolute Gasteiger partial charge is 0.402 e. The third-order valence-corrected chi connectivity index (χ3v) is 3.74. The summed E-state index contributed by atoms with van der Waals surface area (Å²) in [6.45, 7) is 1.84. The molecule has 0 spiro atoms. The number of nitrogens with zero attached hydrogens (tertiary/aromatic N) is 1. The lowest BCUT2D eigenvalue weighted by molar-refractivity contribution is 0.0959. The molecule has 0 fully saturated rings. The second-order valence-corrected chi connectivity index (χ2v) is 5.77. The number of carbonyl (C=O) groups excluding carboxylic acids is 1. The monoisotopic (exact) mass is 333 g/mol. The van der Waals surface area contributed by atoms with E-state index in [2.05, 4.69) is 15.3 Å². The Labute approximate surface area is 145 Å². The molecule has 2 heterocycles. The third kappa shape index (κ3) is 3.74. The third-order valence-electron chi connectivity index (χ3n) is 3.74. The van der Waals surface area contributed by atoms with Gasteiger partial charge in [-0.15, -0.1) is 0 Å². The number of H-pyrrole nitrogens is 1. The molecule has 126 valence electrons. The van der Waals surface area contributed by atoms with Crippen LogP contribution in [0.4, 0.5) is 0 Å². The van der Waals surface area contributed by atoms with Gasteiger partial charge in [0.1, 0.15) is 0 Å².